The van der Waals surface area contributed by atoms with E-state index in [1.54, 1.807) is 12.1 Å². The normalized spacial score (nSPS) is 11.9. The van der Waals surface area contributed by atoms with E-state index in [-0.39, 0.29) is 24.1 Å². The minimum absolute atomic E-state index is 0.0384. The van der Waals surface area contributed by atoms with Crippen molar-refractivity contribution in [2.24, 2.45) is 0 Å². The van der Waals surface area contributed by atoms with Crippen LogP contribution in [0.15, 0.2) is 109 Å². The Hall–Kier alpha value is -4.18. The van der Waals surface area contributed by atoms with Crippen LogP contribution in [0, 0.1) is 12.7 Å². The van der Waals surface area contributed by atoms with Crippen molar-refractivity contribution < 1.29 is 9.18 Å². The van der Waals surface area contributed by atoms with E-state index >= 15 is 0 Å². The number of fused-ring (bicyclic) bond motifs is 1. The first-order valence-electron chi connectivity index (χ1n) is 12.3. The summed E-state index contributed by atoms with van der Waals surface area (Å²) in [5.41, 5.74) is 6.61. The number of halogens is 1. The van der Waals surface area contributed by atoms with Gasteiger partial charge in [-0.05, 0) is 47.4 Å². The third-order valence-electron chi connectivity index (χ3n) is 6.66. The first kappa shape index (κ1) is 23.6. The lowest BCUT2D eigenvalue weighted by Crippen LogP contribution is -2.25. The fourth-order valence-electron chi connectivity index (χ4n) is 4.73. The van der Waals surface area contributed by atoms with E-state index in [1.165, 1.54) is 23.3 Å². The van der Waals surface area contributed by atoms with Crippen molar-refractivity contribution in [1.82, 2.24) is 9.88 Å². The van der Waals surface area contributed by atoms with Crippen molar-refractivity contribution >= 4 is 16.8 Å². The summed E-state index contributed by atoms with van der Waals surface area (Å²) in [6.45, 7) is 3.30. The molecule has 180 valence electrons. The van der Waals surface area contributed by atoms with Gasteiger partial charge in [-0.1, -0.05) is 90.5 Å². The van der Waals surface area contributed by atoms with Gasteiger partial charge in [-0.15, -0.1) is 0 Å². The van der Waals surface area contributed by atoms with Gasteiger partial charge < -0.3 is 9.88 Å². The fraction of sp³-hybridized carbons (Fsp3) is 0.156. The monoisotopic (exact) mass is 476 g/mol. The van der Waals surface area contributed by atoms with Crippen molar-refractivity contribution in [3.05, 3.63) is 143 Å². The molecule has 0 saturated heterocycles. The maximum atomic E-state index is 13.8. The van der Waals surface area contributed by atoms with Crippen LogP contribution in [-0.2, 0) is 17.9 Å². The van der Waals surface area contributed by atoms with E-state index in [0.29, 0.717) is 6.54 Å². The van der Waals surface area contributed by atoms with Gasteiger partial charge in [0.1, 0.15) is 5.82 Å². The number of aryl methyl sites for hydroxylation is 1. The van der Waals surface area contributed by atoms with Crippen molar-refractivity contribution in [3.8, 4) is 0 Å². The third kappa shape index (κ3) is 5.38. The number of aromatic nitrogens is 1. The topological polar surface area (TPSA) is 34.0 Å². The fourth-order valence-corrected chi connectivity index (χ4v) is 4.73. The second kappa shape index (κ2) is 10.6. The number of para-hydroxylation sites is 1. The first-order valence-corrected chi connectivity index (χ1v) is 12.3. The molecule has 0 spiro atoms. The Kier molecular flexibility index (Phi) is 6.94. The van der Waals surface area contributed by atoms with Crippen LogP contribution in [0.4, 0.5) is 4.39 Å². The standard InChI is InChI=1S/C32H29FN2O/c1-23-11-13-25(14-12-23)21-35-22-30(28-9-5-6-10-31(28)35)29(26-15-17-27(33)18-16-26)19-32(36)34-20-24-7-3-2-4-8-24/h2-18,22,29H,19-21H2,1H3,(H,34,36). The van der Waals surface area contributed by atoms with Crippen LogP contribution in [0.25, 0.3) is 10.9 Å². The molecule has 0 bridgehead atoms. The maximum absolute atomic E-state index is 13.8. The average Bonchev–Trinajstić information content (AvgIpc) is 3.27. The zero-order chi connectivity index (χ0) is 24.9. The molecule has 4 aromatic carbocycles. The van der Waals surface area contributed by atoms with Gasteiger partial charge in [0.25, 0.3) is 0 Å². The molecular formula is C32H29FN2O. The van der Waals surface area contributed by atoms with Crippen LogP contribution >= 0.6 is 0 Å². The molecule has 1 amide bonds. The van der Waals surface area contributed by atoms with Crippen LogP contribution in [-0.4, -0.2) is 10.5 Å². The lowest BCUT2D eigenvalue weighted by Gasteiger charge is -2.17. The second-order valence-corrected chi connectivity index (χ2v) is 9.29. The molecule has 1 atom stereocenters. The summed E-state index contributed by atoms with van der Waals surface area (Å²) in [5, 5.41) is 4.17. The summed E-state index contributed by atoms with van der Waals surface area (Å²) in [6.07, 6.45) is 2.43. The molecule has 36 heavy (non-hydrogen) atoms. The first-order chi connectivity index (χ1) is 17.6. The summed E-state index contributed by atoms with van der Waals surface area (Å²) >= 11 is 0. The lowest BCUT2D eigenvalue weighted by atomic mass is 9.88. The van der Waals surface area contributed by atoms with E-state index in [4.69, 9.17) is 0 Å². The van der Waals surface area contributed by atoms with Crippen molar-refractivity contribution in [2.75, 3.05) is 0 Å². The van der Waals surface area contributed by atoms with Gasteiger partial charge in [-0.25, -0.2) is 4.39 Å². The Morgan fingerprint density at radius 1 is 0.833 bits per heavy atom. The number of nitrogens with zero attached hydrogens (tertiary/aromatic N) is 1. The SMILES string of the molecule is Cc1ccc(Cn2cc(C(CC(=O)NCc3ccccc3)c3ccc(F)cc3)c3ccccc32)cc1. The van der Waals surface area contributed by atoms with E-state index in [1.807, 2.05) is 42.5 Å². The second-order valence-electron chi connectivity index (χ2n) is 9.29. The van der Waals surface area contributed by atoms with Crippen LogP contribution in [0.5, 0.6) is 0 Å². The zero-order valence-corrected chi connectivity index (χ0v) is 20.3. The number of hydrogen-bond acceptors (Lipinski definition) is 1. The molecule has 5 aromatic rings. The van der Waals surface area contributed by atoms with Crippen LogP contribution in [0.3, 0.4) is 0 Å². The molecule has 0 saturated carbocycles. The molecule has 1 heterocycles. The van der Waals surface area contributed by atoms with Gasteiger partial charge in [0.15, 0.2) is 0 Å². The van der Waals surface area contributed by atoms with Gasteiger partial charge in [0.05, 0.1) is 0 Å². The van der Waals surface area contributed by atoms with Crippen molar-refractivity contribution in [2.45, 2.75) is 32.4 Å². The van der Waals surface area contributed by atoms with E-state index in [0.717, 1.165) is 34.1 Å². The Balaban J connectivity index is 1.49. The van der Waals surface area contributed by atoms with Gasteiger partial charge in [0.2, 0.25) is 5.91 Å². The Labute approximate surface area is 211 Å². The zero-order valence-electron chi connectivity index (χ0n) is 20.3. The maximum Gasteiger partial charge on any atom is 0.221 e. The third-order valence-corrected chi connectivity index (χ3v) is 6.66. The number of amides is 1. The number of carbonyl (C=O) groups excluding carboxylic acids is 1. The summed E-state index contributed by atoms with van der Waals surface area (Å²) in [7, 11) is 0. The van der Waals surface area contributed by atoms with Crippen LogP contribution < -0.4 is 5.32 Å². The Bertz CT molecular complexity index is 1450. The number of nitrogens with one attached hydrogen (secondary N) is 1. The van der Waals surface area contributed by atoms with Gasteiger partial charge in [0, 0.05) is 42.5 Å². The smallest absolute Gasteiger partial charge is 0.221 e. The van der Waals surface area contributed by atoms with Crippen LogP contribution in [0.2, 0.25) is 0 Å². The molecule has 1 unspecified atom stereocenters. The molecule has 3 nitrogen and oxygen atoms in total. The highest BCUT2D eigenvalue weighted by molar-refractivity contribution is 5.86. The van der Waals surface area contributed by atoms with Crippen molar-refractivity contribution in [1.29, 1.82) is 0 Å². The largest absolute Gasteiger partial charge is 0.352 e. The number of carbonyl (C=O) groups is 1. The Morgan fingerprint density at radius 2 is 1.53 bits per heavy atom. The summed E-state index contributed by atoms with van der Waals surface area (Å²) in [6, 6.07) is 33.2. The highest BCUT2D eigenvalue weighted by Gasteiger charge is 2.23. The molecule has 0 aliphatic heterocycles. The van der Waals surface area contributed by atoms with E-state index < -0.39 is 0 Å². The Morgan fingerprint density at radius 3 is 2.28 bits per heavy atom. The molecule has 1 N–H and O–H groups in total. The molecule has 0 aliphatic carbocycles. The molecule has 1 aromatic heterocycles. The van der Waals surface area contributed by atoms with E-state index in [9.17, 15) is 9.18 Å². The highest BCUT2D eigenvalue weighted by atomic mass is 19.1. The van der Waals surface area contributed by atoms with Crippen molar-refractivity contribution in [3.63, 3.8) is 0 Å². The quantitative estimate of drug-likeness (QED) is 0.258. The highest BCUT2D eigenvalue weighted by Crippen LogP contribution is 2.35. The van der Waals surface area contributed by atoms with Gasteiger partial charge in [-0.2, -0.15) is 0 Å². The molecular weight excluding hydrogens is 447 g/mol. The summed E-state index contributed by atoms with van der Waals surface area (Å²) < 4.78 is 16.0. The number of benzene rings is 4. The molecule has 0 radical (unpaired) electrons. The predicted molar refractivity (Wildman–Crippen MR) is 143 cm³/mol. The van der Waals surface area contributed by atoms with Gasteiger partial charge in [-0.3, -0.25) is 4.79 Å². The average molecular weight is 477 g/mol. The summed E-state index contributed by atoms with van der Waals surface area (Å²) in [5.74, 6) is -0.526. The van der Waals surface area contributed by atoms with E-state index in [2.05, 4.69) is 59.4 Å². The molecule has 0 aliphatic rings. The summed E-state index contributed by atoms with van der Waals surface area (Å²) in [4.78, 5) is 13.1. The minimum Gasteiger partial charge on any atom is -0.352 e. The molecule has 5 rings (SSSR count). The predicted octanol–water partition coefficient (Wildman–Crippen LogP) is 6.98. The number of hydrogen-bond donors (Lipinski definition) is 1. The van der Waals surface area contributed by atoms with Gasteiger partial charge >= 0.3 is 0 Å². The number of rotatable bonds is 8. The lowest BCUT2D eigenvalue weighted by molar-refractivity contribution is -0.121. The minimum atomic E-state index is -0.284. The van der Waals surface area contributed by atoms with Crippen LogP contribution in [0.1, 0.15) is 40.2 Å². The molecule has 4 heteroatoms. The molecule has 0 fully saturated rings.